The lowest BCUT2D eigenvalue weighted by molar-refractivity contribution is -0.274. The average Bonchev–Trinajstić information content (AvgIpc) is 3.59. The summed E-state index contributed by atoms with van der Waals surface area (Å²) in [5, 5.41) is 18.5. The zero-order chi connectivity index (χ0) is 32.3. The number of anilines is 2. The van der Waals surface area contributed by atoms with E-state index in [4.69, 9.17) is 16.3 Å². The molecule has 3 aromatic carbocycles. The fourth-order valence-corrected chi connectivity index (χ4v) is 5.56. The van der Waals surface area contributed by atoms with E-state index in [0.717, 1.165) is 16.8 Å². The summed E-state index contributed by atoms with van der Waals surface area (Å²) < 4.78 is 48.2. The van der Waals surface area contributed by atoms with Gasteiger partial charge in [0.2, 0.25) is 12.3 Å². The first-order valence-corrected chi connectivity index (χ1v) is 15.0. The van der Waals surface area contributed by atoms with Gasteiger partial charge in [-0.2, -0.15) is 0 Å². The molecule has 236 valence electrons. The third-order valence-corrected chi connectivity index (χ3v) is 7.76. The van der Waals surface area contributed by atoms with Crippen molar-refractivity contribution in [1.29, 1.82) is 0 Å². The van der Waals surface area contributed by atoms with Gasteiger partial charge in [-0.15, -0.1) is 18.3 Å². The minimum Gasteiger partial charge on any atom is -0.485 e. The van der Waals surface area contributed by atoms with Gasteiger partial charge in [-0.1, -0.05) is 49.3 Å². The molecule has 1 atom stereocenters. The predicted molar refractivity (Wildman–Crippen MR) is 166 cm³/mol. The molecule has 1 unspecified atom stereocenters. The molecular weight excluding hydrogens is 633 g/mol. The second-order valence-electron chi connectivity index (χ2n) is 10.2. The Bertz CT molecular complexity index is 1710. The summed E-state index contributed by atoms with van der Waals surface area (Å²) in [4.78, 5) is 22.9. The topological polar surface area (TPSA) is 114 Å². The highest BCUT2D eigenvalue weighted by Crippen LogP contribution is 2.35. The maximum absolute atomic E-state index is 12.8. The molecule has 1 amide bonds. The Morgan fingerprint density at radius 3 is 2.53 bits per heavy atom. The van der Waals surface area contributed by atoms with E-state index in [2.05, 4.69) is 39.0 Å². The van der Waals surface area contributed by atoms with Gasteiger partial charge in [0.25, 0.3) is 0 Å². The number of halogens is 4. The molecule has 1 aliphatic rings. The van der Waals surface area contributed by atoms with Crippen LogP contribution in [0.5, 0.6) is 11.5 Å². The quantitative estimate of drug-likeness (QED) is 0.182. The molecule has 45 heavy (non-hydrogen) atoms. The van der Waals surface area contributed by atoms with Gasteiger partial charge in [0.15, 0.2) is 11.0 Å². The fraction of sp³-hybridized carbons (Fsp3) is 0.267. The van der Waals surface area contributed by atoms with Crippen LogP contribution in [0.1, 0.15) is 36.7 Å². The second kappa shape index (κ2) is 13.4. The van der Waals surface area contributed by atoms with Crippen LogP contribution in [0, 0.1) is 6.92 Å². The van der Waals surface area contributed by atoms with Crippen LogP contribution in [0.15, 0.2) is 72.0 Å². The molecule has 0 saturated carbocycles. The van der Waals surface area contributed by atoms with E-state index in [-0.39, 0.29) is 35.0 Å². The summed E-state index contributed by atoms with van der Waals surface area (Å²) in [5.41, 5.74) is 3.62. The van der Waals surface area contributed by atoms with Gasteiger partial charge >= 0.3 is 6.36 Å². The molecule has 1 fully saturated rings. The number of alkyl halides is 3. The van der Waals surface area contributed by atoms with Gasteiger partial charge in [0, 0.05) is 6.07 Å². The van der Waals surface area contributed by atoms with Gasteiger partial charge < -0.3 is 19.9 Å². The van der Waals surface area contributed by atoms with Crippen molar-refractivity contribution < 1.29 is 32.5 Å². The maximum atomic E-state index is 12.8. The Labute approximate surface area is 265 Å². The number of amidine groups is 1. The number of ether oxygens (including phenoxy) is 2. The zero-order valence-corrected chi connectivity index (χ0v) is 25.8. The highest BCUT2D eigenvalue weighted by molar-refractivity contribution is 8.15. The number of carbonyl (C=O) groups is 1. The first-order chi connectivity index (χ1) is 21.4. The molecule has 2 N–H and O–H groups in total. The number of aliphatic imine (C=N–C) groups is 1. The van der Waals surface area contributed by atoms with Crippen LogP contribution in [-0.2, 0) is 11.4 Å². The van der Waals surface area contributed by atoms with Gasteiger partial charge in [-0.05, 0) is 66.4 Å². The number of thioether (sulfide) groups is 1. The number of rotatable bonds is 10. The van der Waals surface area contributed by atoms with E-state index in [9.17, 15) is 23.1 Å². The summed E-state index contributed by atoms with van der Waals surface area (Å²) in [6, 6.07) is 15.9. The van der Waals surface area contributed by atoms with Crippen molar-refractivity contribution in [2.24, 2.45) is 4.99 Å². The van der Waals surface area contributed by atoms with Crippen LogP contribution >= 0.6 is 23.4 Å². The van der Waals surface area contributed by atoms with Crippen molar-refractivity contribution in [2.45, 2.75) is 46.0 Å². The molecule has 0 aliphatic carbocycles. The zero-order valence-electron chi connectivity index (χ0n) is 24.2. The number of aliphatic hydroxyl groups is 1. The molecule has 15 heteroatoms. The number of carbonyl (C=O) groups excluding carboxylic acids is 1. The van der Waals surface area contributed by atoms with Crippen LogP contribution < -0.4 is 19.7 Å². The molecule has 10 nitrogen and oxygen atoms in total. The Balaban J connectivity index is 1.21. The molecule has 1 aromatic heterocycles. The summed E-state index contributed by atoms with van der Waals surface area (Å²) >= 11 is 7.69. The summed E-state index contributed by atoms with van der Waals surface area (Å²) in [7, 11) is 0. The number of hydrogen-bond acceptors (Lipinski definition) is 9. The number of aryl methyl sites for hydroxylation is 1. The first kappa shape index (κ1) is 32.1. The van der Waals surface area contributed by atoms with Crippen LogP contribution in [-0.4, -0.2) is 49.4 Å². The van der Waals surface area contributed by atoms with E-state index in [1.54, 1.807) is 23.1 Å². The van der Waals surface area contributed by atoms with Gasteiger partial charge in [-0.3, -0.25) is 9.69 Å². The van der Waals surface area contributed by atoms with Crippen LogP contribution in [0.25, 0.3) is 5.69 Å². The van der Waals surface area contributed by atoms with E-state index >= 15 is 0 Å². The molecule has 1 saturated heterocycles. The molecule has 1 aliphatic heterocycles. The average molecular weight is 661 g/mol. The van der Waals surface area contributed by atoms with Gasteiger partial charge in [0.1, 0.15) is 24.4 Å². The molecular formula is C30H28ClF3N6O4S. The van der Waals surface area contributed by atoms with E-state index in [1.165, 1.54) is 47.0 Å². The Kier molecular flexibility index (Phi) is 9.56. The number of aromatic nitrogens is 3. The lowest BCUT2D eigenvalue weighted by Crippen LogP contribution is -2.32. The predicted octanol–water partition coefficient (Wildman–Crippen LogP) is 6.65. The highest BCUT2D eigenvalue weighted by Gasteiger charge is 2.33. The summed E-state index contributed by atoms with van der Waals surface area (Å²) in [6.45, 7) is 6.04. The third-order valence-electron chi connectivity index (χ3n) is 6.51. The second-order valence-corrected chi connectivity index (χ2v) is 11.6. The Morgan fingerprint density at radius 1 is 1.11 bits per heavy atom. The van der Waals surface area contributed by atoms with Crippen molar-refractivity contribution in [3.05, 3.63) is 89.0 Å². The number of nitrogens with zero attached hydrogens (tertiary/aromatic N) is 5. The van der Waals surface area contributed by atoms with Crippen molar-refractivity contribution >= 4 is 45.8 Å². The fourth-order valence-electron chi connectivity index (χ4n) is 4.44. The molecule has 0 spiro atoms. The number of amides is 1. The Hall–Kier alpha value is -4.27. The number of benzene rings is 3. The Morgan fingerprint density at radius 2 is 1.84 bits per heavy atom. The molecule has 4 aromatic rings. The van der Waals surface area contributed by atoms with Crippen molar-refractivity contribution in [3.8, 4) is 17.2 Å². The molecule has 2 heterocycles. The van der Waals surface area contributed by atoms with Crippen molar-refractivity contribution in [3.63, 3.8) is 0 Å². The minimum absolute atomic E-state index is 0.0138. The van der Waals surface area contributed by atoms with Crippen LogP contribution in [0.2, 0.25) is 5.02 Å². The van der Waals surface area contributed by atoms with Crippen molar-refractivity contribution in [2.75, 3.05) is 16.0 Å². The van der Waals surface area contributed by atoms with E-state index in [1.807, 2.05) is 25.1 Å². The third kappa shape index (κ3) is 8.07. The summed E-state index contributed by atoms with van der Waals surface area (Å²) in [5.74, 6) is 0.641. The van der Waals surface area contributed by atoms with Crippen LogP contribution in [0.4, 0.5) is 24.5 Å². The maximum Gasteiger partial charge on any atom is 0.573 e. The monoisotopic (exact) mass is 660 g/mol. The smallest absolute Gasteiger partial charge is 0.485 e. The standard InChI is InChI=1S/C30H28ClF3N6O4S/c1-17(2)22-10-4-18(3)12-25(22)40-27(41)15-45-29(40)37-28(42)36-24-11-9-21(13-23(24)31)43-14-26-35-16-39(38-26)19-5-7-20(8-6-19)44-30(32,33)34/h4-13,16-17,28,36,42H,14-15H2,1-3H3. The van der Waals surface area contributed by atoms with E-state index < -0.39 is 12.7 Å². The highest BCUT2D eigenvalue weighted by atomic mass is 35.5. The van der Waals surface area contributed by atoms with E-state index in [0.29, 0.717) is 28.1 Å². The van der Waals surface area contributed by atoms with Gasteiger partial charge in [-0.25, -0.2) is 14.7 Å². The van der Waals surface area contributed by atoms with Gasteiger partial charge in [0.05, 0.1) is 27.8 Å². The largest absolute Gasteiger partial charge is 0.573 e. The van der Waals surface area contributed by atoms with Crippen molar-refractivity contribution in [1.82, 2.24) is 14.8 Å². The number of aliphatic hydroxyl groups excluding tert-OH is 1. The molecule has 5 rings (SSSR count). The molecule has 0 bridgehead atoms. The molecule has 0 radical (unpaired) electrons. The number of hydrogen-bond donors (Lipinski definition) is 2. The summed E-state index contributed by atoms with van der Waals surface area (Å²) in [6.07, 6.45) is -4.76. The number of nitrogens with one attached hydrogen (secondary N) is 1. The lowest BCUT2D eigenvalue weighted by Gasteiger charge is -2.23. The minimum atomic E-state index is -4.78. The lowest BCUT2D eigenvalue weighted by atomic mass is 9.99. The SMILES string of the molecule is Cc1ccc(C(C)C)c(N2C(=O)CSC2=NC(O)Nc2ccc(OCc3ncn(-c4ccc(OC(F)(F)F)cc4)n3)cc2Cl)c1. The first-order valence-electron chi connectivity index (χ1n) is 13.6. The van der Waals surface area contributed by atoms with Crippen LogP contribution in [0.3, 0.4) is 0 Å². The normalized spacial score (nSPS) is 15.2.